The van der Waals surface area contributed by atoms with Gasteiger partial charge in [0.15, 0.2) is 0 Å². The van der Waals surface area contributed by atoms with Gasteiger partial charge in [-0.25, -0.2) is 4.39 Å². The van der Waals surface area contributed by atoms with Gasteiger partial charge in [-0.1, -0.05) is 12.1 Å². The molecule has 0 aliphatic carbocycles. The lowest BCUT2D eigenvalue weighted by atomic mass is 10.2. The summed E-state index contributed by atoms with van der Waals surface area (Å²) >= 11 is 1.40. The summed E-state index contributed by atoms with van der Waals surface area (Å²) in [4.78, 5) is 13.6. The zero-order valence-corrected chi connectivity index (χ0v) is 17.8. The van der Waals surface area contributed by atoms with E-state index in [0.29, 0.717) is 17.9 Å². The highest BCUT2D eigenvalue weighted by molar-refractivity contribution is 8.00. The molecule has 0 aliphatic heterocycles. The SMILES string of the molecule is COc1ccc(SCC(=O)Nc2c(C#N)c(C)c(C)n2Cc2ccc(F)cc2)cc1. The number of ether oxygens (including phenoxy) is 1. The van der Waals surface area contributed by atoms with E-state index in [0.717, 1.165) is 27.5 Å². The topological polar surface area (TPSA) is 67.0 Å². The molecular formula is C23H22FN3O2S. The molecule has 30 heavy (non-hydrogen) atoms. The van der Waals surface area contributed by atoms with Gasteiger partial charge in [-0.05, 0) is 61.4 Å². The van der Waals surface area contributed by atoms with Gasteiger partial charge in [-0.3, -0.25) is 4.79 Å². The van der Waals surface area contributed by atoms with E-state index in [1.165, 1.54) is 23.9 Å². The Morgan fingerprint density at radius 2 is 1.83 bits per heavy atom. The lowest BCUT2D eigenvalue weighted by Gasteiger charge is -2.13. The first kappa shape index (κ1) is 21.5. The molecule has 0 fully saturated rings. The van der Waals surface area contributed by atoms with E-state index in [1.807, 2.05) is 42.7 Å². The molecule has 0 atom stereocenters. The summed E-state index contributed by atoms with van der Waals surface area (Å²) in [6, 6.07) is 15.9. The molecule has 3 aromatic rings. The Balaban J connectivity index is 1.77. The number of nitrogens with one attached hydrogen (secondary N) is 1. The highest BCUT2D eigenvalue weighted by Crippen LogP contribution is 2.28. The summed E-state index contributed by atoms with van der Waals surface area (Å²) < 4.78 is 20.3. The maximum Gasteiger partial charge on any atom is 0.235 e. The number of halogens is 1. The minimum absolute atomic E-state index is 0.204. The summed E-state index contributed by atoms with van der Waals surface area (Å²) in [5.74, 6) is 0.923. The molecule has 3 rings (SSSR count). The van der Waals surface area contributed by atoms with Crippen LogP contribution in [0.5, 0.6) is 5.75 Å². The van der Waals surface area contributed by atoms with Crippen molar-refractivity contribution in [1.82, 2.24) is 4.57 Å². The summed E-state index contributed by atoms with van der Waals surface area (Å²) in [5, 5.41) is 12.5. The number of hydrogen-bond donors (Lipinski definition) is 1. The van der Waals surface area contributed by atoms with Crippen molar-refractivity contribution in [3.8, 4) is 11.8 Å². The van der Waals surface area contributed by atoms with Gasteiger partial charge in [0.1, 0.15) is 23.5 Å². The van der Waals surface area contributed by atoms with Crippen molar-refractivity contribution in [1.29, 1.82) is 5.26 Å². The third kappa shape index (κ3) is 4.84. The van der Waals surface area contributed by atoms with Crippen LogP contribution in [0.3, 0.4) is 0 Å². The molecule has 5 nitrogen and oxygen atoms in total. The van der Waals surface area contributed by atoms with Gasteiger partial charge in [0, 0.05) is 17.1 Å². The average molecular weight is 424 g/mol. The van der Waals surface area contributed by atoms with Crippen LogP contribution < -0.4 is 10.1 Å². The van der Waals surface area contributed by atoms with Crippen LogP contribution in [0, 0.1) is 31.0 Å². The maximum atomic E-state index is 13.2. The summed E-state index contributed by atoms with van der Waals surface area (Å²) in [5.41, 5.74) is 3.02. The van der Waals surface area contributed by atoms with Crippen LogP contribution in [0.2, 0.25) is 0 Å². The van der Waals surface area contributed by atoms with E-state index in [2.05, 4.69) is 11.4 Å². The van der Waals surface area contributed by atoms with Gasteiger partial charge < -0.3 is 14.6 Å². The molecule has 154 valence electrons. The molecule has 0 aliphatic rings. The van der Waals surface area contributed by atoms with Crippen molar-refractivity contribution in [2.75, 3.05) is 18.2 Å². The van der Waals surface area contributed by atoms with Gasteiger partial charge in [0.25, 0.3) is 0 Å². The molecule has 0 saturated heterocycles. The van der Waals surface area contributed by atoms with Crippen molar-refractivity contribution in [2.45, 2.75) is 25.3 Å². The van der Waals surface area contributed by atoms with Crippen molar-refractivity contribution < 1.29 is 13.9 Å². The number of rotatable bonds is 7. The van der Waals surface area contributed by atoms with Crippen LogP contribution >= 0.6 is 11.8 Å². The number of thioether (sulfide) groups is 1. The first-order chi connectivity index (χ1) is 14.4. The number of nitriles is 1. The minimum Gasteiger partial charge on any atom is -0.497 e. The number of methoxy groups -OCH3 is 1. The Kier molecular flexibility index (Phi) is 6.80. The molecule has 0 radical (unpaired) electrons. The quantitative estimate of drug-likeness (QED) is 0.549. The molecule has 0 unspecified atom stereocenters. The second-order valence-electron chi connectivity index (χ2n) is 6.77. The second-order valence-corrected chi connectivity index (χ2v) is 7.82. The summed E-state index contributed by atoms with van der Waals surface area (Å²) in [6.07, 6.45) is 0. The van der Waals surface area contributed by atoms with Gasteiger partial charge in [-0.2, -0.15) is 5.26 Å². The smallest absolute Gasteiger partial charge is 0.235 e. The number of amides is 1. The van der Waals surface area contributed by atoms with E-state index in [-0.39, 0.29) is 17.5 Å². The normalized spacial score (nSPS) is 10.5. The largest absolute Gasteiger partial charge is 0.497 e. The number of anilines is 1. The van der Waals surface area contributed by atoms with Crippen LogP contribution in [-0.4, -0.2) is 23.3 Å². The highest BCUT2D eigenvalue weighted by atomic mass is 32.2. The maximum absolute atomic E-state index is 13.2. The van der Waals surface area contributed by atoms with Gasteiger partial charge in [-0.15, -0.1) is 11.8 Å². The Morgan fingerprint density at radius 1 is 1.17 bits per heavy atom. The molecule has 0 bridgehead atoms. The molecule has 1 aromatic heterocycles. The Hall–Kier alpha value is -3.24. The van der Waals surface area contributed by atoms with Gasteiger partial charge in [0.2, 0.25) is 5.91 Å². The van der Waals surface area contributed by atoms with Crippen LogP contribution in [0.25, 0.3) is 0 Å². The first-order valence-electron chi connectivity index (χ1n) is 9.34. The number of carbonyl (C=O) groups excluding carboxylic acids is 1. The lowest BCUT2D eigenvalue weighted by molar-refractivity contribution is -0.113. The molecule has 1 heterocycles. The Labute approximate surface area is 179 Å². The van der Waals surface area contributed by atoms with Crippen LogP contribution in [0.15, 0.2) is 53.4 Å². The van der Waals surface area contributed by atoms with Crippen molar-refractivity contribution >= 4 is 23.5 Å². The third-order valence-corrected chi connectivity index (χ3v) is 5.89. The fourth-order valence-corrected chi connectivity index (χ4v) is 3.79. The van der Waals surface area contributed by atoms with Crippen LogP contribution in [0.4, 0.5) is 10.2 Å². The average Bonchev–Trinajstić information content (AvgIpc) is 2.97. The third-order valence-electron chi connectivity index (χ3n) is 4.88. The number of nitrogens with zero attached hydrogens (tertiary/aromatic N) is 2. The minimum atomic E-state index is -0.305. The van der Waals surface area contributed by atoms with Gasteiger partial charge >= 0.3 is 0 Å². The summed E-state index contributed by atoms with van der Waals surface area (Å²) in [6.45, 7) is 4.19. The second kappa shape index (κ2) is 9.51. The monoisotopic (exact) mass is 423 g/mol. The van der Waals surface area contributed by atoms with E-state index in [4.69, 9.17) is 4.74 Å². The Bertz CT molecular complexity index is 1080. The number of aromatic nitrogens is 1. The molecule has 7 heteroatoms. The predicted octanol–water partition coefficient (Wildman–Crippen LogP) is 4.90. The molecule has 1 N–H and O–H groups in total. The number of benzene rings is 2. The van der Waals surface area contributed by atoms with Crippen LogP contribution in [-0.2, 0) is 11.3 Å². The van der Waals surface area contributed by atoms with Crippen molar-refractivity contribution in [3.63, 3.8) is 0 Å². The number of carbonyl (C=O) groups is 1. The fourth-order valence-electron chi connectivity index (χ4n) is 3.09. The highest BCUT2D eigenvalue weighted by Gasteiger charge is 2.20. The van der Waals surface area contributed by atoms with E-state index in [1.54, 1.807) is 19.2 Å². The lowest BCUT2D eigenvalue weighted by Crippen LogP contribution is -2.18. The van der Waals surface area contributed by atoms with Crippen molar-refractivity contribution in [2.24, 2.45) is 0 Å². The van der Waals surface area contributed by atoms with E-state index in [9.17, 15) is 14.4 Å². The van der Waals surface area contributed by atoms with E-state index < -0.39 is 0 Å². The molecule has 2 aromatic carbocycles. The molecule has 0 saturated carbocycles. The zero-order valence-electron chi connectivity index (χ0n) is 17.0. The molecular weight excluding hydrogens is 401 g/mol. The fraction of sp³-hybridized carbons (Fsp3) is 0.217. The first-order valence-corrected chi connectivity index (χ1v) is 10.3. The van der Waals surface area contributed by atoms with Crippen LogP contribution in [0.1, 0.15) is 22.4 Å². The van der Waals surface area contributed by atoms with Gasteiger partial charge in [0.05, 0.1) is 18.4 Å². The predicted molar refractivity (Wildman–Crippen MR) is 116 cm³/mol. The summed E-state index contributed by atoms with van der Waals surface area (Å²) in [7, 11) is 1.60. The standard InChI is InChI=1S/C23H22FN3O2S/c1-15-16(2)27(13-17-4-6-18(24)7-5-17)23(21(15)12-25)26-22(28)14-30-20-10-8-19(29-3)9-11-20/h4-11H,13-14H2,1-3H3,(H,26,28). The van der Waals surface area contributed by atoms with Crippen molar-refractivity contribution in [3.05, 3.63) is 76.7 Å². The zero-order chi connectivity index (χ0) is 21.7. The number of hydrogen-bond acceptors (Lipinski definition) is 4. The Morgan fingerprint density at radius 3 is 2.43 bits per heavy atom. The molecule has 1 amide bonds. The molecule has 0 spiro atoms. The van der Waals surface area contributed by atoms with E-state index >= 15 is 0 Å².